The maximum Gasteiger partial charge on any atom is 0.410 e. The molecule has 4 heterocycles. The van der Waals surface area contributed by atoms with Crippen molar-refractivity contribution in [2.75, 3.05) is 64.3 Å². The van der Waals surface area contributed by atoms with Crippen LogP contribution in [0.2, 0.25) is 0 Å². The van der Waals surface area contributed by atoms with Crippen LogP contribution in [0.1, 0.15) is 47.9 Å². The Kier molecular flexibility index (Phi) is 9.98. The third-order valence-corrected chi connectivity index (χ3v) is 10.1. The van der Waals surface area contributed by atoms with Crippen LogP contribution in [-0.4, -0.2) is 120 Å². The Morgan fingerprint density at radius 2 is 1.59 bits per heavy atom. The predicted molar refractivity (Wildman–Crippen MR) is 174 cm³/mol. The molecule has 3 fully saturated rings. The number of para-hydroxylation sites is 1. The molecule has 0 aromatic heterocycles. The average Bonchev–Trinajstić information content (AvgIpc) is 3.25. The number of hydrogen-bond donors (Lipinski definition) is 2. The Labute approximate surface area is 271 Å². The van der Waals surface area contributed by atoms with Crippen LogP contribution in [-0.2, 0) is 27.1 Å². The first kappa shape index (κ1) is 32.1. The molecule has 1 atom stereocenters. The van der Waals surface area contributed by atoms with Gasteiger partial charge in [-0.15, -0.1) is 0 Å². The fourth-order valence-corrected chi connectivity index (χ4v) is 7.41. The Hall–Kier alpha value is -3.83. The van der Waals surface area contributed by atoms with Gasteiger partial charge in [0.15, 0.2) is 6.10 Å². The number of benzene rings is 2. The Morgan fingerprint density at radius 1 is 0.913 bits per heavy atom. The summed E-state index contributed by atoms with van der Waals surface area (Å²) in [6.45, 7) is 9.50. The molecule has 11 heteroatoms. The number of anilines is 1. The van der Waals surface area contributed by atoms with E-state index < -0.39 is 12.2 Å². The van der Waals surface area contributed by atoms with Gasteiger partial charge in [-0.25, -0.2) is 9.59 Å². The molecule has 0 spiro atoms. The number of aromatic hydroxyl groups is 1. The molecule has 0 unspecified atom stereocenters. The van der Waals surface area contributed by atoms with Gasteiger partial charge < -0.3 is 34.6 Å². The summed E-state index contributed by atoms with van der Waals surface area (Å²) in [5.74, 6) is 0.0525. The molecule has 2 aromatic rings. The Bertz CT molecular complexity index is 1390. The second-order valence-electron chi connectivity index (χ2n) is 13.1. The summed E-state index contributed by atoms with van der Waals surface area (Å²) in [6.07, 6.45) is 2.85. The highest BCUT2D eigenvalue weighted by Gasteiger charge is 2.36. The minimum Gasteiger partial charge on any atom is -0.507 e. The smallest absolute Gasteiger partial charge is 0.410 e. The highest BCUT2D eigenvalue weighted by atomic mass is 16.6. The van der Waals surface area contributed by atoms with E-state index in [4.69, 9.17) is 9.47 Å². The van der Waals surface area contributed by atoms with E-state index in [1.54, 1.807) is 4.90 Å². The minimum absolute atomic E-state index is 0.0192. The van der Waals surface area contributed by atoms with E-state index in [0.29, 0.717) is 51.6 Å². The molecule has 2 aromatic carbocycles. The molecule has 4 aliphatic rings. The van der Waals surface area contributed by atoms with Crippen LogP contribution in [0.3, 0.4) is 0 Å². The van der Waals surface area contributed by atoms with Gasteiger partial charge in [0.1, 0.15) is 5.75 Å². The van der Waals surface area contributed by atoms with Crippen molar-refractivity contribution >= 4 is 23.7 Å². The number of carbonyl (C=O) groups excluding carboxylic acids is 3. The van der Waals surface area contributed by atoms with Crippen molar-refractivity contribution in [2.45, 2.75) is 70.6 Å². The van der Waals surface area contributed by atoms with Gasteiger partial charge in [0.25, 0.3) is 5.91 Å². The molecule has 4 aliphatic heterocycles. The summed E-state index contributed by atoms with van der Waals surface area (Å²) in [5.41, 5.74) is 4.27. The number of piperidine rings is 1. The van der Waals surface area contributed by atoms with Gasteiger partial charge in [-0.05, 0) is 74.3 Å². The highest BCUT2D eigenvalue weighted by Crippen LogP contribution is 2.27. The zero-order valence-electron chi connectivity index (χ0n) is 27.1. The Morgan fingerprint density at radius 3 is 2.28 bits per heavy atom. The maximum absolute atomic E-state index is 14.0. The molecule has 0 saturated carbocycles. The number of hydrogen-bond acceptors (Lipinski definition) is 7. The number of aryl methyl sites for hydroxylation is 2. The number of urea groups is 1. The summed E-state index contributed by atoms with van der Waals surface area (Å²) in [6, 6.07) is 12.0. The van der Waals surface area contributed by atoms with E-state index >= 15 is 0 Å². The highest BCUT2D eigenvalue weighted by molar-refractivity contribution is 5.91. The first-order valence-electron chi connectivity index (χ1n) is 16.8. The maximum atomic E-state index is 14.0. The molecule has 46 heavy (non-hydrogen) atoms. The topological polar surface area (TPSA) is 115 Å². The summed E-state index contributed by atoms with van der Waals surface area (Å²) in [4.78, 5) is 48.4. The molecule has 3 saturated heterocycles. The number of piperazine rings is 1. The molecule has 4 amide bonds. The lowest BCUT2D eigenvalue weighted by molar-refractivity contribution is -0.143. The van der Waals surface area contributed by atoms with Gasteiger partial charge in [-0.1, -0.05) is 30.3 Å². The number of rotatable bonds is 6. The number of fused-ring (bicyclic) bond motifs is 1. The van der Waals surface area contributed by atoms with Gasteiger partial charge in [0.05, 0.1) is 0 Å². The van der Waals surface area contributed by atoms with Crippen molar-refractivity contribution < 1.29 is 29.0 Å². The molecule has 0 bridgehead atoms. The molecule has 6 rings (SSSR count). The second kappa shape index (κ2) is 14.3. The molecule has 11 nitrogen and oxygen atoms in total. The Balaban J connectivity index is 1.09. The summed E-state index contributed by atoms with van der Waals surface area (Å²) in [5, 5.41) is 13.4. The van der Waals surface area contributed by atoms with E-state index in [-0.39, 0.29) is 30.2 Å². The summed E-state index contributed by atoms with van der Waals surface area (Å²) >= 11 is 0. The van der Waals surface area contributed by atoms with Gasteiger partial charge in [-0.2, -0.15) is 0 Å². The van der Waals surface area contributed by atoms with Gasteiger partial charge in [0.2, 0.25) is 0 Å². The van der Waals surface area contributed by atoms with Crippen LogP contribution in [0.5, 0.6) is 5.75 Å². The molecule has 2 N–H and O–H groups in total. The summed E-state index contributed by atoms with van der Waals surface area (Å²) in [7, 11) is 0. The molecular formula is C35H47N5O6. The zero-order chi connectivity index (χ0) is 32.2. The van der Waals surface area contributed by atoms with Crippen molar-refractivity contribution in [1.29, 1.82) is 0 Å². The summed E-state index contributed by atoms with van der Waals surface area (Å²) < 4.78 is 11.6. The van der Waals surface area contributed by atoms with Gasteiger partial charge in [-0.3, -0.25) is 9.69 Å². The second-order valence-corrected chi connectivity index (χ2v) is 13.1. The van der Waals surface area contributed by atoms with Crippen LogP contribution < -0.4 is 5.32 Å². The lowest BCUT2D eigenvalue weighted by atomic mass is 10.00. The van der Waals surface area contributed by atoms with Crippen LogP contribution in [0.15, 0.2) is 36.4 Å². The van der Waals surface area contributed by atoms with E-state index in [0.717, 1.165) is 73.5 Å². The van der Waals surface area contributed by atoms with Crippen molar-refractivity contribution in [3.05, 3.63) is 58.7 Å². The van der Waals surface area contributed by atoms with Crippen LogP contribution in [0, 0.1) is 13.8 Å². The fraction of sp³-hybridized carbons (Fsp3) is 0.571. The van der Waals surface area contributed by atoms with Gasteiger partial charge in [0, 0.05) is 83.2 Å². The molecule has 248 valence electrons. The largest absolute Gasteiger partial charge is 0.507 e. The van der Waals surface area contributed by atoms with Crippen LogP contribution in [0.4, 0.5) is 15.3 Å². The number of amides is 4. The van der Waals surface area contributed by atoms with Gasteiger partial charge >= 0.3 is 12.1 Å². The number of ether oxygens (including phenoxy) is 2. The number of likely N-dealkylation sites (tertiary alicyclic amines) is 1. The van der Waals surface area contributed by atoms with Crippen LogP contribution in [0.25, 0.3) is 0 Å². The van der Waals surface area contributed by atoms with E-state index in [2.05, 4.69) is 10.2 Å². The third kappa shape index (κ3) is 7.25. The van der Waals surface area contributed by atoms with E-state index in [9.17, 15) is 19.5 Å². The molecule has 0 radical (unpaired) electrons. The number of phenolic OH excluding ortho intramolecular Hbond substituents is 1. The third-order valence-electron chi connectivity index (χ3n) is 10.1. The predicted octanol–water partition coefficient (Wildman–Crippen LogP) is 3.93. The van der Waals surface area contributed by atoms with Crippen molar-refractivity contribution in [1.82, 2.24) is 19.6 Å². The lowest BCUT2D eigenvalue weighted by Crippen LogP contribution is -2.56. The lowest BCUT2D eigenvalue weighted by Gasteiger charge is -2.41. The van der Waals surface area contributed by atoms with E-state index in [1.807, 2.05) is 60.0 Å². The molecular weight excluding hydrogens is 586 g/mol. The molecule has 0 aliphatic carbocycles. The quantitative estimate of drug-likeness (QED) is 0.496. The number of carbonyl (C=O) groups is 3. The van der Waals surface area contributed by atoms with Crippen molar-refractivity contribution in [3.8, 4) is 5.75 Å². The number of phenols is 1. The van der Waals surface area contributed by atoms with Crippen LogP contribution >= 0.6 is 0 Å². The van der Waals surface area contributed by atoms with Crippen molar-refractivity contribution in [2.24, 2.45) is 0 Å². The number of nitrogens with zero attached hydrogens (tertiary/aromatic N) is 4. The first-order chi connectivity index (χ1) is 22.3. The number of nitrogens with one attached hydrogen (secondary N) is 1. The monoisotopic (exact) mass is 633 g/mol. The fourth-order valence-electron chi connectivity index (χ4n) is 7.41. The average molecular weight is 634 g/mol. The van der Waals surface area contributed by atoms with E-state index in [1.165, 1.54) is 0 Å². The minimum atomic E-state index is -0.974. The first-order valence-corrected chi connectivity index (χ1v) is 16.8. The standard InChI is InChI=1S/C35H47N5O6/c1-24-21-26(22-25(2)32(24)41)23-31(33(42)38-17-15-37(16-18-38)28-10-19-45-20-11-28)46-35(44)39-12-8-29(9-13-39)40-14-7-27-5-3-4-6-30(27)36-34(40)43/h3-6,21-22,28-29,31,41H,7-20,23H2,1-2H3,(H,36,43)/t31-/m1/s1. The SMILES string of the molecule is Cc1cc(C[C@@H](OC(=O)N2CCC(N3CCc4ccccc4NC3=O)CC2)C(=O)N2CCN(C3CCOCC3)CC2)cc(C)c1O. The zero-order valence-corrected chi connectivity index (χ0v) is 27.1. The van der Waals surface area contributed by atoms with Crippen molar-refractivity contribution in [3.63, 3.8) is 0 Å². The normalized spacial score (nSPS) is 20.9.